The van der Waals surface area contributed by atoms with Crippen LogP contribution in [0.4, 0.5) is 4.79 Å². The molecule has 0 radical (unpaired) electrons. The Labute approximate surface area is 168 Å². The van der Waals surface area contributed by atoms with E-state index in [0.717, 1.165) is 45.2 Å². The Bertz CT molecular complexity index is 483. The highest BCUT2D eigenvalue weighted by Crippen LogP contribution is 2.13. The second kappa shape index (κ2) is 13.3. The first kappa shape index (κ1) is 24.2. The third-order valence-corrected chi connectivity index (χ3v) is 5.04. The number of hydroxylamine groups is 2. The standard InChI is InChI=1S/C19H37N5O4/c1-4-6-8-9-17(15-23(28)16-25)18(26)20-24(10-7-5-2)19(27)22-13-11-21(3)12-14-22/h16-17,28H,4-15H2,1-3H3,(H,20,26)/t17-/m1/s1. The summed E-state index contributed by atoms with van der Waals surface area (Å²) in [5.74, 6) is -0.901. The van der Waals surface area contributed by atoms with E-state index in [9.17, 15) is 19.6 Å². The Balaban J connectivity index is 2.77. The predicted molar refractivity (Wildman–Crippen MR) is 106 cm³/mol. The summed E-state index contributed by atoms with van der Waals surface area (Å²) in [5.41, 5.74) is 2.75. The van der Waals surface area contributed by atoms with Crippen molar-refractivity contribution >= 4 is 18.3 Å². The van der Waals surface area contributed by atoms with Gasteiger partial charge in [-0.05, 0) is 19.9 Å². The summed E-state index contributed by atoms with van der Waals surface area (Å²) in [6.45, 7) is 7.32. The van der Waals surface area contributed by atoms with Crippen molar-refractivity contribution in [3.63, 3.8) is 0 Å². The van der Waals surface area contributed by atoms with Crippen molar-refractivity contribution in [3.05, 3.63) is 0 Å². The van der Waals surface area contributed by atoms with Crippen LogP contribution < -0.4 is 5.43 Å². The van der Waals surface area contributed by atoms with E-state index in [-0.39, 0.29) is 18.5 Å². The van der Waals surface area contributed by atoms with Gasteiger partial charge in [0.05, 0.1) is 12.5 Å². The van der Waals surface area contributed by atoms with Gasteiger partial charge in [-0.2, -0.15) is 0 Å². The van der Waals surface area contributed by atoms with Gasteiger partial charge in [0, 0.05) is 32.7 Å². The van der Waals surface area contributed by atoms with E-state index in [1.165, 1.54) is 5.01 Å². The molecule has 1 aliphatic rings. The summed E-state index contributed by atoms with van der Waals surface area (Å²) in [5, 5.41) is 11.4. The molecular weight excluding hydrogens is 362 g/mol. The number of unbranched alkanes of at least 4 members (excludes halogenated alkanes) is 3. The van der Waals surface area contributed by atoms with Gasteiger partial charge in [0.25, 0.3) is 0 Å². The number of amides is 4. The number of urea groups is 1. The van der Waals surface area contributed by atoms with Crippen LogP contribution in [0.1, 0.15) is 52.4 Å². The number of rotatable bonds is 11. The zero-order valence-corrected chi connectivity index (χ0v) is 17.6. The smallest absolute Gasteiger partial charge is 0.321 e. The van der Waals surface area contributed by atoms with Crippen molar-refractivity contribution < 1.29 is 19.6 Å². The number of carbonyl (C=O) groups is 3. The van der Waals surface area contributed by atoms with Crippen molar-refractivity contribution in [1.29, 1.82) is 0 Å². The molecule has 0 spiro atoms. The SMILES string of the molecule is CCCCC[C@H](CN(O)C=O)C(=O)NN(CCCC)C(=O)N1CCN(C)CC1. The van der Waals surface area contributed by atoms with Crippen molar-refractivity contribution in [3.8, 4) is 0 Å². The first-order valence-electron chi connectivity index (χ1n) is 10.4. The van der Waals surface area contributed by atoms with Crippen LogP contribution in [0, 0.1) is 5.92 Å². The van der Waals surface area contributed by atoms with Crippen LogP contribution in [0.25, 0.3) is 0 Å². The van der Waals surface area contributed by atoms with Gasteiger partial charge in [0.2, 0.25) is 12.3 Å². The molecule has 0 saturated carbocycles. The maximum atomic E-state index is 12.9. The predicted octanol–water partition coefficient (Wildman–Crippen LogP) is 1.53. The summed E-state index contributed by atoms with van der Waals surface area (Å²) in [4.78, 5) is 40.4. The van der Waals surface area contributed by atoms with E-state index < -0.39 is 5.92 Å². The number of carbonyl (C=O) groups excluding carboxylic acids is 3. The molecule has 0 unspecified atom stereocenters. The van der Waals surface area contributed by atoms with Crippen LogP contribution in [-0.2, 0) is 9.59 Å². The zero-order chi connectivity index (χ0) is 20.9. The highest BCUT2D eigenvalue weighted by atomic mass is 16.5. The number of hydrazine groups is 1. The average Bonchev–Trinajstić information content (AvgIpc) is 2.70. The van der Waals surface area contributed by atoms with Gasteiger partial charge >= 0.3 is 6.03 Å². The van der Waals surface area contributed by atoms with Crippen LogP contribution in [-0.4, -0.2) is 89.7 Å². The fourth-order valence-corrected chi connectivity index (χ4v) is 3.12. The second-order valence-electron chi connectivity index (χ2n) is 7.47. The molecule has 0 bridgehead atoms. The van der Waals surface area contributed by atoms with E-state index in [0.29, 0.717) is 37.5 Å². The van der Waals surface area contributed by atoms with Crippen molar-refractivity contribution in [2.24, 2.45) is 5.92 Å². The summed E-state index contributed by atoms with van der Waals surface area (Å²) < 4.78 is 0. The number of nitrogens with one attached hydrogen (secondary N) is 1. The highest BCUT2D eigenvalue weighted by Gasteiger charge is 2.28. The van der Waals surface area contributed by atoms with Crippen LogP contribution in [0.5, 0.6) is 0 Å². The Morgan fingerprint density at radius 3 is 2.32 bits per heavy atom. The number of likely N-dealkylation sites (N-methyl/N-ethyl adjacent to an activating group) is 1. The minimum atomic E-state index is -0.564. The van der Waals surface area contributed by atoms with Crippen LogP contribution in [0.2, 0.25) is 0 Å². The van der Waals surface area contributed by atoms with E-state index >= 15 is 0 Å². The van der Waals surface area contributed by atoms with Gasteiger partial charge in [-0.25, -0.2) is 14.9 Å². The fourth-order valence-electron chi connectivity index (χ4n) is 3.12. The lowest BCUT2D eigenvalue weighted by atomic mass is 10.0. The van der Waals surface area contributed by atoms with Crippen LogP contribution in [0.15, 0.2) is 0 Å². The number of hydrogen-bond donors (Lipinski definition) is 2. The molecule has 1 heterocycles. The molecule has 162 valence electrons. The van der Waals surface area contributed by atoms with Gasteiger partial charge in [0.1, 0.15) is 0 Å². The molecule has 0 aliphatic carbocycles. The number of nitrogens with zero attached hydrogens (tertiary/aromatic N) is 4. The largest absolute Gasteiger partial charge is 0.338 e. The van der Waals surface area contributed by atoms with E-state index in [1.807, 2.05) is 14.0 Å². The summed E-state index contributed by atoms with van der Waals surface area (Å²) >= 11 is 0. The number of piperazine rings is 1. The third kappa shape index (κ3) is 8.43. The van der Waals surface area contributed by atoms with Crippen LogP contribution in [0.3, 0.4) is 0 Å². The topological polar surface area (TPSA) is 96.4 Å². The molecule has 4 amide bonds. The molecular formula is C19H37N5O4. The van der Waals surface area contributed by atoms with E-state index in [2.05, 4.69) is 17.2 Å². The van der Waals surface area contributed by atoms with Gasteiger partial charge in [-0.15, -0.1) is 0 Å². The van der Waals surface area contributed by atoms with Crippen molar-refractivity contribution in [1.82, 2.24) is 25.3 Å². The Morgan fingerprint density at radius 1 is 1.11 bits per heavy atom. The van der Waals surface area contributed by atoms with E-state index in [1.54, 1.807) is 4.90 Å². The Morgan fingerprint density at radius 2 is 1.75 bits per heavy atom. The molecule has 1 fully saturated rings. The average molecular weight is 400 g/mol. The number of hydrogen-bond acceptors (Lipinski definition) is 5. The lowest BCUT2D eigenvalue weighted by Crippen LogP contribution is -2.57. The minimum absolute atomic E-state index is 0.0800. The fraction of sp³-hybridized carbons (Fsp3) is 0.842. The molecule has 0 aromatic heterocycles. The molecule has 1 rings (SSSR count). The summed E-state index contributed by atoms with van der Waals surface area (Å²) in [7, 11) is 2.02. The minimum Gasteiger partial charge on any atom is -0.321 e. The first-order chi connectivity index (χ1) is 13.4. The van der Waals surface area contributed by atoms with Gasteiger partial charge in [-0.1, -0.05) is 39.5 Å². The van der Waals surface area contributed by atoms with Crippen molar-refractivity contribution in [2.75, 3.05) is 46.3 Å². The molecule has 1 atom stereocenters. The Kier molecular flexibility index (Phi) is 11.5. The first-order valence-corrected chi connectivity index (χ1v) is 10.4. The molecule has 28 heavy (non-hydrogen) atoms. The molecule has 9 nitrogen and oxygen atoms in total. The molecule has 0 aromatic carbocycles. The lowest BCUT2D eigenvalue weighted by Gasteiger charge is -2.36. The molecule has 9 heteroatoms. The lowest BCUT2D eigenvalue weighted by molar-refractivity contribution is -0.155. The molecule has 2 N–H and O–H groups in total. The second-order valence-corrected chi connectivity index (χ2v) is 7.47. The van der Waals surface area contributed by atoms with Gasteiger partial charge in [0.15, 0.2) is 0 Å². The van der Waals surface area contributed by atoms with Crippen molar-refractivity contribution in [2.45, 2.75) is 52.4 Å². The quantitative estimate of drug-likeness (QED) is 0.238. The molecule has 1 saturated heterocycles. The highest BCUT2D eigenvalue weighted by molar-refractivity contribution is 5.83. The maximum Gasteiger partial charge on any atom is 0.338 e. The maximum absolute atomic E-state index is 12.9. The van der Waals surface area contributed by atoms with E-state index in [4.69, 9.17) is 0 Å². The molecule has 0 aromatic rings. The molecule has 1 aliphatic heterocycles. The normalized spacial score (nSPS) is 15.8. The summed E-state index contributed by atoms with van der Waals surface area (Å²) in [6, 6.07) is -0.196. The van der Waals surface area contributed by atoms with Gasteiger partial charge in [-0.3, -0.25) is 20.2 Å². The van der Waals surface area contributed by atoms with Gasteiger partial charge < -0.3 is 9.80 Å². The zero-order valence-electron chi connectivity index (χ0n) is 17.6. The Hall–Kier alpha value is -1.87. The van der Waals surface area contributed by atoms with Crippen LogP contribution >= 0.6 is 0 Å². The third-order valence-electron chi connectivity index (χ3n) is 5.04. The summed E-state index contributed by atoms with van der Waals surface area (Å²) in [6.07, 6.45) is 5.33. The monoisotopic (exact) mass is 399 g/mol.